The van der Waals surface area contributed by atoms with E-state index in [1.54, 1.807) is 0 Å². The minimum Gasteiger partial charge on any atom is -0.462 e. The first kappa shape index (κ1) is 26.4. The predicted octanol–water partition coefficient (Wildman–Crippen LogP) is 2.42. The summed E-state index contributed by atoms with van der Waals surface area (Å²) in [6.07, 6.45) is 1.78. The lowest BCUT2D eigenvalue weighted by Gasteiger charge is -2.26. The molecular formula is C24H31N5O5. The number of benzene rings is 1. The van der Waals surface area contributed by atoms with E-state index in [9.17, 15) is 19.2 Å². The van der Waals surface area contributed by atoms with Gasteiger partial charge in [-0.1, -0.05) is 27.2 Å². The predicted molar refractivity (Wildman–Crippen MR) is 129 cm³/mol. The Bertz CT molecular complexity index is 1160. The summed E-state index contributed by atoms with van der Waals surface area (Å²) in [7, 11) is 0. The number of H-pyrrole nitrogens is 1. The van der Waals surface area contributed by atoms with E-state index in [0.717, 1.165) is 6.42 Å². The van der Waals surface area contributed by atoms with E-state index in [2.05, 4.69) is 4.98 Å². The van der Waals surface area contributed by atoms with E-state index in [4.69, 9.17) is 15.7 Å². The number of hydrogen-bond acceptors (Lipinski definition) is 7. The molecule has 182 valence electrons. The van der Waals surface area contributed by atoms with Crippen LogP contribution in [0.2, 0.25) is 0 Å². The maximum absolute atomic E-state index is 13.0. The first-order valence-electron chi connectivity index (χ1n) is 11.3. The molecule has 0 aliphatic heterocycles. The van der Waals surface area contributed by atoms with Crippen molar-refractivity contribution in [3.8, 4) is 6.07 Å². The van der Waals surface area contributed by atoms with Crippen LogP contribution >= 0.6 is 0 Å². The number of nitrogens with two attached hydrogens (primary N) is 1. The summed E-state index contributed by atoms with van der Waals surface area (Å²) < 4.78 is 6.49. The quantitative estimate of drug-likeness (QED) is 0.379. The third-order valence-corrected chi connectivity index (χ3v) is 5.09. The molecule has 0 aliphatic carbocycles. The molecule has 0 aliphatic rings. The molecular weight excluding hydrogens is 438 g/mol. The molecule has 0 radical (unpaired) electrons. The SMILES string of the molecule is CCCCn1c(N)c(N(CC(C)C)C(=O)CCCOC(=O)c2ccc(C#N)cc2)c(=O)[nH]c1=O. The molecule has 0 unspecified atom stereocenters. The summed E-state index contributed by atoms with van der Waals surface area (Å²) in [6.45, 7) is 6.34. The topological polar surface area (TPSA) is 151 Å². The summed E-state index contributed by atoms with van der Waals surface area (Å²) in [5, 5.41) is 8.83. The lowest BCUT2D eigenvalue weighted by atomic mass is 10.1. The van der Waals surface area contributed by atoms with Crippen LogP contribution in [0.1, 0.15) is 62.4 Å². The van der Waals surface area contributed by atoms with Gasteiger partial charge in [-0.3, -0.25) is 19.1 Å². The number of amides is 1. The monoisotopic (exact) mass is 469 g/mol. The Labute approximate surface area is 197 Å². The molecule has 0 spiro atoms. The fourth-order valence-electron chi connectivity index (χ4n) is 3.35. The van der Waals surface area contributed by atoms with E-state index >= 15 is 0 Å². The van der Waals surface area contributed by atoms with Gasteiger partial charge in [0.1, 0.15) is 5.82 Å². The summed E-state index contributed by atoms with van der Waals surface area (Å²) >= 11 is 0. The molecule has 1 aromatic heterocycles. The Hall–Kier alpha value is -3.87. The number of aromatic amines is 1. The molecule has 0 saturated heterocycles. The van der Waals surface area contributed by atoms with Gasteiger partial charge in [0.15, 0.2) is 5.69 Å². The summed E-state index contributed by atoms with van der Waals surface area (Å²) in [5.74, 6) is -0.919. The lowest BCUT2D eigenvalue weighted by molar-refractivity contribution is -0.119. The van der Waals surface area contributed by atoms with Crippen LogP contribution in [0.15, 0.2) is 33.9 Å². The zero-order chi connectivity index (χ0) is 25.3. The van der Waals surface area contributed by atoms with Gasteiger partial charge in [0.2, 0.25) is 5.91 Å². The standard InChI is InChI=1S/C24H31N5O5/c1-4-5-12-28-21(26)20(22(31)27-24(28)33)29(15-16(2)3)19(30)7-6-13-34-23(32)18-10-8-17(14-25)9-11-18/h8-11,16H,4-7,12-13,15,26H2,1-3H3,(H,27,31,33). The molecule has 0 saturated carbocycles. The van der Waals surface area contributed by atoms with Crippen LogP contribution in [-0.4, -0.2) is 34.6 Å². The highest BCUT2D eigenvalue weighted by Gasteiger charge is 2.24. The van der Waals surface area contributed by atoms with Gasteiger partial charge in [-0.25, -0.2) is 9.59 Å². The number of unbranched alkanes of at least 4 members (excludes halogenated alkanes) is 1. The third kappa shape index (κ3) is 6.81. The van der Waals surface area contributed by atoms with Crippen molar-refractivity contribution in [1.82, 2.24) is 9.55 Å². The molecule has 2 aromatic rings. The molecule has 0 atom stereocenters. The van der Waals surface area contributed by atoms with Crippen molar-refractivity contribution in [2.45, 2.75) is 53.0 Å². The van der Waals surface area contributed by atoms with E-state index in [1.165, 1.54) is 33.7 Å². The van der Waals surface area contributed by atoms with Crippen molar-refractivity contribution in [2.75, 3.05) is 23.8 Å². The number of anilines is 2. The van der Waals surface area contributed by atoms with Crippen LogP contribution in [-0.2, 0) is 16.1 Å². The smallest absolute Gasteiger partial charge is 0.338 e. The van der Waals surface area contributed by atoms with Crippen LogP contribution in [0.4, 0.5) is 11.5 Å². The number of rotatable bonds is 11. The van der Waals surface area contributed by atoms with Gasteiger partial charge in [-0.15, -0.1) is 0 Å². The van der Waals surface area contributed by atoms with Crippen molar-refractivity contribution in [3.05, 3.63) is 56.2 Å². The summed E-state index contributed by atoms with van der Waals surface area (Å²) in [4.78, 5) is 53.6. The third-order valence-electron chi connectivity index (χ3n) is 5.09. The van der Waals surface area contributed by atoms with Gasteiger partial charge in [0.25, 0.3) is 5.56 Å². The van der Waals surface area contributed by atoms with Gasteiger partial charge >= 0.3 is 11.7 Å². The maximum Gasteiger partial charge on any atom is 0.338 e. The number of carbonyl (C=O) groups excluding carboxylic acids is 2. The zero-order valence-corrected chi connectivity index (χ0v) is 19.8. The molecule has 2 rings (SSSR count). The van der Waals surface area contributed by atoms with Crippen molar-refractivity contribution in [2.24, 2.45) is 5.92 Å². The number of ether oxygens (including phenoxy) is 1. The van der Waals surface area contributed by atoms with E-state index in [0.29, 0.717) is 24.1 Å². The second-order valence-corrected chi connectivity index (χ2v) is 8.33. The number of nitrogen functional groups attached to an aromatic ring is 1. The van der Waals surface area contributed by atoms with Crippen molar-refractivity contribution in [3.63, 3.8) is 0 Å². The van der Waals surface area contributed by atoms with E-state index in [-0.39, 0.29) is 49.3 Å². The number of aromatic nitrogens is 2. The Morgan fingerprint density at radius 3 is 2.47 bits per heavy atom. The minimum atomic E-state index is -0.712. The number of carbonyl (C=O) groups is 2. The Morgan fingerprint density at radius 1 is 1.21 bits per heavy atom. The van der Waals surface area contributed by atoms with Gasteiger partial charge in [0, 0.05) is 19.5 Å². The van der Waals surface area contributed by atoms with Crippen LogP contribution in [0.25, 0.3) is 0 Å². The Balaban J connectivity index is 2.11. The second-order valence-electron chi connectivity index (χ2n) is 8.33. The molecule has 0 fully saturated rings. The number of nitriles is 1. The number of nitrogens with zero attached hydrogens (tertiary/aromatic N) is 3. The first-order chi connectivity index (χ1) is 16.2. The molecule has 1 heterocycles. The zero-order valence-electron chi connectivity index (χ0n) is 19.8. The van der Waals surface area contributed by atoms with E-state index < -0.39 is 17.2 Å². The molecule has 10 heteroatoms. The first-order valence-corrected chi connectivity index (χ1v) is 11.3. The van der Waals surface area contributed by atoms with E-state index in [1.807, 2.05) is 26.8 Å². The van der Waals surface area contributed by atoms with Crippen LogP contribution in [0.3, 0.4) is 0 Å². The summed E-state index contributed by atoms with van der Waals surface area (Å²) in [6, 6.07) is 8.01. The minimum absolute atomic E-state index is 0.00192. The Morgan fingerprint density at radius 2 is 1.88 bits per heavy atom. The van der Waals surface area contributed by atoms with Crippen LogP contribution in [0, 0.1) is 17.2 Å². The molecule has 0 bridgehead atoms. The molecule has 10 nitrogen and oxygen atoms in total. The highest BCUT2D eigenvalue weighted by atomic mass is 16.5. The number of hydrogen-bond donors (Lipinski definition) is 2. The van der Waals surface area contributed by atoms with Crippen molar-refractivity contribution >= 4 is 23.4 Å². The fraction of sp³-hybridized carbons (Fsp3) is 0.458. The maximum atomic E-state index is 13.0. The average Bonchev–Trinajstić information content (AvgIpc) is 2.80. The van der Waals surface area contributed by atoms with Gasteiger partial charge < -0.3 is 15.4 Å². The molecule has 1 amide bonds. The normalized spacial score (nSPS) is 10.7. The van der Waals surface area contributed by atoms with Gasteiger partial charge in [-0.2, -0.15) is 5.26 Å². The van der Waals surface area contributed by atoms with Crippen molar-refractivity contribution < 1.29 is 14.3 Å². The van der Waals surface area contributed by atoms with Crippen LogP contribution < -0.4 is 21.9 Å². The molecule has 3 N–H and O–H groups in total. The average molecular weight is 470 g/mol. The number of esters is 1. The number of nitrogens with one attached hydrogen (secondary N) is 1. The molecule has 34 heavy (non-hydrogen) atoms. The fourth-order valence-corrected chi connectivity index (χ4v) is 3.35. The van der Waals surface area contributed by atoms with Crippen molar-refractivity contribution in [1.29, 1.82) is 5.26 Å². The largest absolute Gasteiger partial charge is 0.462 e. The van der Waals surface area contributed by atoms with Gasteiger partial charge in [-0.05, 0) is 43.0 Å². The van der Waals surface area contributed by atoms with Crippen LogP contribution in [0.5, 0.6) is 0 Å². The molecule has 1 aromatic carbocycles. The summed E-state index contributed by atoms with van der Waals surface area (Å²) in [5.41, 5.74) is 5.56. The van der Waals surface area contributed by atoms with Gasteiger partial charge in [0.05, 0.1) is 23.8 Å². The highest BCUT2D eigenvalue weighted by molar-refractivity contribution is 5.95. The lowest BCUT2D eigenvalue weighted by Crippen LogP contribution is -2.42. The highest BCUT2D eigenvalue weighted by Crippen LogP contribution is 2.20. The Kier molecular flexibility index (Phi) is 9.62. The second kappa shape index (κ2) is 12.4.